The Morgan fingerprint density at radius 3 is 2.71 bits per heavy atom. The van der Waals surface area contributed by atoms with Gasteiger partial charge < -0.3 is 5.11 Å². The lowest BCUT2D eigenvalue weighted by atomic mass is 10.1. The van der Waals surface area contributed by atoms with Gasteiger partial charge in [0.1, 0.15) is 11.3 Å². The Hall–Kier alpha value is -1.65. The molecule has 0 saturated heterocycles. The summed E-state index contributed by atoms with van der Waals surface area (Å²) in [6, 6.07) is 0. The lowest BCUT2D eigenvalue weighted by Gasteiger charge is -1.99. The van der Waals surface area contributed by atoms with E-state index < -0.39 is 5.97 Å². The van der Waals surface area contributed by atoms with E-state index in [1.165, 1.54) is 4.68 Å². The minimum Gasteiger partial charge on any atom is -0.478 e. The standard InChI is InChI=1S/C9H10N2O3/c1-11-8(5-2-3-5)7(9(13)14)6(4-12)10-11/h4-5H,2-3H2,1H3,(H,13,14). The molecule has 5 heteroatoms. The van der Waals surface area contributed by atoms with Gasteiger partial charge in [0.05, 0.1) is 5.69 Å². The van der Waals surface area contributed by atoms with E-state index in [1.807, 2.05) is 0 Å². The quantitative estimate of drug-likeness (QED) is 0.722. The summed E-state index contributed by atoms with van der Waals surface area (Å²) >= 11 is 0. The molecule has 0 unspecified atom stereocenters. The molecule has 0 aromatic carbocycles. The van der Waals surface area contributed by atoms with Crippen molar-refractivity contribution in [1.29, 1.82) is 0 Å². The van der Waals surface area contributed by atoms with Crippen molar-refractivity contribution in [3.63, 3.8) is 0 Å². The molecule has 2 rings (SSSR count). The minimum absolute atomic E-state index is 0.0295. The van der Waals surface area contributed by atoms with Crippen LogP contribution in [-0.2, 0) is 7.05 Å². The highest BCUT2D eigenvalue weighted by Crippen LogP contribution is 2.41. The summed E-state index contributed by atoms with van der Waals surface area (Å²) in [5.41, 5.74) is 0.784. The van der Waals surface area contributed by atoms with Crippen LogP contribution in [0.1, 0.15) is 45.3 Å². The molecule has 0 atom stereocenters. The number of carbonyl (C=O) groups is 2. The van der Waals surface area contributed by atoms with Crippen LogP contribution >= 0.6 is 0 Å². The van der Waals surface area contributed by atoms with Gasteiger partial charge in [0.2, 0.25) is 0 Å². The Morgan fingerprint density at radius 1 is 1.64 bits per heavy atom. The third kappa shape index (κ3) is 1.21. The van der Waals surface area contributed by atoms with Gasteiger partial charge in [-0.15, -0.1) is 0 Å². The number of carboxylic acid groups (broad SMARTS) is 1. The zero-order valence-corrected chi connectivity index (χ0v) is 7.73. The van der Waals surface area contributed by atoms with Gasteiger partial charge in [-0.3, -0.25) is 9.48 Å². The molecule has 1 aliphatic rings. The highest BCUT2D eigenvalue weighted by molar-refractivity contribution is 5.97. The highest BCUT2D eigenvalue weighted by atomic mass is 16.4. The van der Waals surface area contributed by atoms with E-state index in [-0.39, 0.29) is 17.2 Å². The summed E-state index contributed by atoms with van der Waals surface area (Å²) in [4.78, 5) is 21.5. The molecule has 1 saturated carbocycles. The first-order valence-electron chi connectivity index (χ1n) is 4.40. The molecule has 1 fully saturated rings. The van der Waals surface area contributed by atoms with E-state index in [9.17, 15) is 9.59 Å². The van der Waals surface area contributed by atoms with Crippen molar-refractivity contribution in [3.8, 4) is 0 Å². The van der Waals surface area contributed by atoms with Gasteiger partial charge in [-0.2, -0.15) is 5.10 Å². The lowest BCUT2D eigenvalue weighted by molar-refractivity contribution is 0.0692. The van der Waals surface area contributed by atoms with Gasteiger partial charge in [-0.25, -0.2) is 4.79 Å². The fourth-order valence-electron chi connectivity index (χ4n) is 1.69. The molecule has 1 N–H and O–H groups in total. The second kappa shape index (κ2) is 2.94. The van der Waals surface area contributed by atoms with Crippen molar-refractivity contribution < 1.29 is 14.7 Å². The van der Waals surface area contributed by atoms with Gasteiger partial charge >= 0.3 is 5.97 Å². The van der Waals surface area contributed by atoms with E-state index in [2.05, 4.69) is 5.10 Å². The number of carbonyl (C=O) groups excluding carboxylic acids is 1. The van der Waals surface area contributed by atoms with Crippen molar-refractivity contribution in [2.75, 3.05) is 0 Å². The van der Waals surface area contributed by atoms with Gasteiger partial charge in [0.15, 0.2) is 6.29 Å². The number of aromatic carboxylic acids is 1. The van der Waals surface area contributed by atoms with Crippen molar-refractivity contribution in [2.24, 2.45) is 7.05 Å². The van der Waals surface area contributed by atoms with E-state index >= 15 is 0 Å². The maximum Gasteiger partial charge on any atom is 0.339 e. The molecule has 0 spiro atoms. The van der Waals surface area contributed by atoms with Crippen molar-refractivity contribution >= 4 is 12.3 Å². The lowest BCUT2D eigenvalue weighted by Crippen LogP contribution is -2.04. The van der Waals surface area contributed by atoms with Crippen LogP contribution in [0.5, 0.6) is 0 Å². The number of nitrogens with zero attached hydrogens (tertiary/aromatic N) is 2. The number of rotatable bonds is 3. The van der Waals surface area contributed by atoms with Crippen LogP contribution in [0.2, 0.25) is 0 Å². The summed E-state index contributed by atoms with van der Waals surface area (Å²) < 4.78 is 1.50. The normalized spacial score (nSPS) is 15.5. The van der Waals surface area contributed by atoms with Crippen LogP contribution in [0.4, 0.5) is 0 Å². The summed E-state index contributed by atoms with van der Waals surface area (Å²) in [6.45, 7) is 0. The smallest absolute Gasteiger partial charge is 0.339 e. The Kier molecular flexibility index (Phi) is 1.87. The van der Waals surface area contributed by atoms with E-state index in [0.717, 1.165) is 12.8 Å². The summed E-state index contributed by atoms with van der Waals surface area (Å²) in [5, 5.41) is 12.8. The average Bonchev–Trinajstić information content (AvgIpc) is 2.89. The molecule has 1 aliphatic carbocycles. The van der Waals surface area contributed by atoms with Gasteiger partial charge in [-0.05, 0) is 12.8 Å². The Labute approximate surface area is 80.3 Å². The van der Waals surface area contributed by atoms with Gasteiger partial charge in [0.25, 0.3) is 0 Å². The summed E-state index contributed by atoms with van der Waals surface area (Å²) in [6.07, 6.45) is 2.46. The molecule has 5 nitrogen and oxygen atoms in total. The molecule has 1 heterocycles. The van der Waals surface area contributed by atoms with Gasteiger partial charge in [0, 0.05) is 13.0 Å². The third-order valence-corrected chi connectivity index (χ3v) is 2.41. The molecule has 0 amide bonds. The molecule has 0 bridgehead atoms. The molecule has 0 radical (unpaired) electrons. The monoisotopic (exact) mass is 194 g/mol. The number of aldehydes is 1. The first-order valence-corrected chi connectivity index (χ1v) is 4.40. The minimum atomic E-state index is -1.07. The van der Waals surface area contributed by atoms with Crippen LogP contribution in [0.3, 0.4) is 0 Å². The van der Waals surface area contributed by atoms with Crippen LogP contribution < -0.4 is 0 Å². The van der Waals surface area contributed by atoms with Crippen LogP contribution in [0, 0.1) is 0 Å². The number of carboxylic acids is 1. The fourth-order valence-corrected chi connectivity index (χ4v) is 1.69. The largest absolute Gasteiger partial charge is 0.478 e. The predicted octanol–water partition coefficient (Wildman–Crippen LogP) is 0.808. The highest BCUT2D eigenvalue weighted by Gasteiger charge is 2.33. The fraction of sp³-hybridized carbons (Fsp3) is 0.444. The number of aryl methyl sites for hydroxylation is 1. The Bertz CT molecular complexity index is 404. The maximum atomic E-state index is 10.9. The number of hydrogen-bond acceptors (Lipinski definition) is 3. The van der Waals surface area contributed by atoms with E-state index in [1.54, 1.807) is 7.05 Å². The molecular weight excluding hydrogens is 184 g/mol. The average molecular weight is 194 g/mol. The summed E-state index contributed by atoms with van der Waals surface area (Å²) in [5.74, 6) is -0.797. The molecule has 74 valence electrons. The topological polar surface area (TPSA) is 72.2 Å². The van der Waals surface area contributed by atoms with Gasteiger partial charge in [-0.1, -0.05) is 0 Å². The second-order valence-electron chi connectivity index (χ2n) is 3.47. The molecule has 14 heavy (non-hydrogen) atoms. The van der Waals surface area contributed by atoms with E-state index in [0.29, 0.717) is 12.0 Å². The van der Waals surface area contributed by atoms with Crippen LogP contribution in [0.25, 0.3) is 0 Å². The number of hydrogen-bond donors (Lipinski definition) is 1. The molecular formula is C9H10N2O3. The molecule has 1 aromatic rings. The zero-order chi connectivity index (χ0) is 10.3. The Balaban J connectivity index is 2.60. The first-order chi connectivity index (χ1) is 6.65. The van der Waals surface area contributed by atoms with Crippen LogP contribution in [0.15, 0.2) is 0 Å². The predicted molar refractivity (Wildman–Crippen MR) is 47.5 cm³/mol. The summed E-state index contributed by atoms with van der Waals surface area (Å²) in [7, 11) is 1.67. The molecule has 0 aliphatic heterocycles. The van der Waals surface area contributed by atoms with Crippen LogP contribution in [-0.4, -0.2) is 27.1 Å². The maximum absolute atomic E-state index is 10.9. The molecule has 1 aromatic heterocycles. The first kappa shape index (κ1) is 8.93. The Morgan fingerprint density at radius 2 is 2.29 bits per heavy atom. The third-order valence-electron chi connectivity index (χ3n) is 2.41. The van der Waals surface area contributed by atoms with Crippen molar-refractivity contribution in [3.05, 3.63) is 17.0 Å². The van der Waals surface area contributed by atoms with E-state index in [4.69, 9.17) is 5.11 Å². The van der Waals surface area contributed by atoms with Crippen molar-refractivity contribution in [2.45, 2.75) is 18.8 Å². The van der Waals surface area contributed by atoms with Crippen molar-refractivity contribution in [1.82, 2.24) is 9.78 Å². The number of aromatic nitrogens is 2. The second-order valence-corrected chi connectivity index (χ2v) is 3.47. The zero-order valence-electron chi connectivity index (χ0n) is 7.73. The SMILES string of the molecule is Cn1nc(C=O)c(C(=O)O)c1C1CC1.